The van der Waals surface area contributed by atoms with Crippen molar-refractivity contribution in [1.29, 1.82) is 0 Å². The van der Waals surface area contributed by atoms with Crippen molar-refractivity contribution in [3.63, 3.8) is 0 Å². The Morgan fingerprint density at radius 3 is 2.71 bits per heavy atom. The predicted molar refractivity (Wildman–Crippen MR) is 77.4 cm³/mol. The summed E-state index contributed by atoms with van der Waals surface area (Å²) in [7, 11) is 0. The zero-order valence-corrected chi connectivity index (χ0v) is 12.0. The van der Waals surface area contributed by atoms with Gasteiger partial charge in [0.05, 0.1) is 20.8 Å². The molecule has 2 aromatic heterocycles. The lowest BCUT2D eigenvalue weighted by atomic mass is 10.1. The summed E-state index contributed by atoms with van der Waals surface area (Å²) < 4.78 is 14.8. The molecule has 108 valence electrons. The molecule has 1 aromatic carbocycles. The van der Waals surface area contributed by atoms with Crippen LogP contribution in [0.3, 0.4) is 0 Å². The maximum atomic E-state index is 13.6. The molecule has 0 bridgehead atoms. The molecule has 0 spiro atoms. The van der Waals surface area contributed by atoms with E-state index in [-0.39, 0.29) is 26.6 Å². The number of carboxylic acid groups (broad SMARTS) is 1. The van der Waals surface area contributed by atoms with E-state index in [0.29, 0.717) is 4.88 Å². The van der Waals surface area contributed by atoms with Crippen molar-refractivity contribution in [2.24, 2.45) is 0 Å². The molecule has 3 rings (SSSR count). The second-order valence-corrected chi connectivity index (χ2v) is 6.03. The van der Waals surface area contributed by atoms with Gasteiger partial charge in [-0.25, -0.2) is 9.18 Å². The fourth-order valence-corrected chi connectivity index (χ4v) is 3.39. The first-order valence-electron chi connectivity index (χ1n) is 5.72. The van der Waals surface area contributed by atoms with Crippen molar-refractivity contribution in [3.8, 4) is 5.88 Å². The van der Waals surface area contributed by atoms with Crippen LogP contribution in [-0.2, 0) is 0 Å². The summed E-state index contributed by atoms with van der Waals surface area (Å²) in [6, 6.07) is 2.07. The number of fused-ring (bicyclic) bond motifs is 3. The minimum absolute atomic E-state index is 0.0812. The number of aromatic carboxylic acids is 1. The number of aryl methyl sites for hydroxylation is 1. The van der Waals surface area contributed by atoms with Crippen LogP contribution in [0.4, 0.5) is 4.39 Å². The molecular weight excluding hydrogens is 321 g/mol. The SMILES string of the molecule is Cc1sc2c(C(=O)O)c(=O)c3cc(F)c(Cl)cc3n2c1O. The zero-order valence-electron chi connectivity index (χ0n) is 10.5. The lowest BCUT2D eigenvalue weighted by Crippen LogP contribution is -2.17. The number of pyridine rings is 1. The number of carbonyl (C=O) groups is 1. The highest BCUT2D eigenvalue weighted by Crippen LogP contribution is 2.33. The molecule has 0 amide bonds. The maximum Gasteiger partial charge on any atom is 0.342 e. The van der Waals surface area contributed by atoms with E-state index < -0.39 is 22.8 Å². The van der Waals surface area contributed by atoms with Gasteiger partial charge in [-0.3, -0.25) is 9.20 Å². The van der Waals surface area contributed by atoms with Crippen LogP contribution in [0.1, 0.15) is 15.2 Å². The van der Waals surface area contributed by atoms with Gasteiger partial charge in [-0.1, -0.05) is 11.6 Å². The normalized spacial score (nSPS) is 11.4. The van der Waals surface area contributed by atoms with Crippen LogP contribution in [0.5, 0.6) is 5.88 Å². The van der Waals surface area contributed by atoms with Gasteiger partial charge in [-0.15, -0.1) is 11.3 Å². The number of thiazole rings is 1. The van der Waals surface area contributed by atoms with Crippen LogP contribution in [0, 0.1) is 12.7 Å². The van der Waals surface area contributed by atoms with Crippen LogP contribution in [0.15, 0.2) is 16.9 Å². The van der Waals surface area contributed by atoms with E-state index in [9.17, 15) is 24.2 Å². The van der Waals surface area contributed by atoms with Gasteiger partial charge in [0.25, 0.3) is 0 Å². The Bertz CT molecular complexity index is 992. The van der Waals surface area contributed by atoms with E-state index in [2.05, 4.69) is 0 Å². The van der Waals surface area contributed by atoms with Crippen LogP contribution in [0.25, 0.3) is 15.7 Å². The molecule has 0 aliphatic heterocycles. The molecule has 0 aliphatic carbocycles. The summed E-state index contributed by atoms with van der Waals surface area (Å²) >= 11 is 6.68. The number of aromatic hydroxyl groups is 1. The number of carboxylic acids is 1. The van der Waals surface area contributed by atoms with Gasteiger partial charge in [0.1, 0.15) is 16.2 Å². The lowest BCUT2D eigenvalue weighted by Gasteiger charge is -2.07. The summed E-state index contributed by atoms with van der Waals surface area (Å²) in [5, 5.41) is 19.0. The standard InChI is InChI=1S/C13H7ClFNO4S/c1-4-11(18)16-8-3-6(14)7(15)2-5(8)10(17)9(13(19)20)12(16)21-4/h2-3,18H,1H3,(H,19,20). The molecule has 2 heterocycles. The van der Waals surface area contributed by atoms with Crippen molar-refractivity contribution in [3.05, 3.63) is 43.6 Å². The number of hydrogen-bond acceptors (Lipinski definition) is 4. The Labute approximate surface area is 125 Å². The average Bonchev–Trinajstić information content (AvgIpc) is 2.68. The molecule has 0 atom stereocenters. The van der Waals surface area contributed by atoms with Crippen molar-refractivity contribution in [2.75, 3.05) is 0 Å². The van der Waals surface area contributed by atoms with Gasteiger partial charge >= 0.3 is 5.97 Å². The van der Waals surface area contributed by atoms with E-state index in [0.717, 1.165) is 17.4 Å². The summed E-state index contributed by atoms with van der Waals surface area (Å²) in [4.78, 5) is 24.1. The van der Waals surface area contributed by atoms with Gasteiger partial charge in [-0.05, 0) is 19.1 Å². The van der Waals surface area contributed by atoms with E-state index in [4.69, 9.17) is 11.6 Å². The molecule has 3 aromatic rings. The van der Waals surface area contributed by atoms with Gasteiger partial charge in [0, 0.05) is 0 Å². The van der Waals surface area contributed by atoms with Crippen molar-refractivity contribution in [1.82, 2.24) is 4.40 Å². The predicted octanol–water partition coefficient (Wildman–Crippen LogP) is 3.02. The molecule has 2 N–H and O–H groups in total. The molecule has 8 heteroatoms. The van der Waals surface area contributed by atoms with Crippen molar-refractivity contribution in [2.45, 2.75) is 6.92 Å². The number of nitrogens with zero attached hydrogens (tertiary/aromatic N) is 1. The third-order valence-corrected chi connectivity index (χ3v) is 4.52. The Morgan fingerprint density at radius 2 is 2.10 bits per heavy atom. The van der Waals surface area contributed by atoms with Crippen molar-refractivity contribution >= 4 is 44.6 Å². The van der Waals surface area contributed by atoms with E-state index in [1.807, 2.05) is 0 Å². The first-order valence-corrected chi connectivity index (χ1v) is 6.91. The second-order valence-electron chi connectivity index (χ2n) is 4.42. The molecule has 0 fully saturated rings. The molecule has 0 radical (unpaired) electrons. The first-order chi connectivity index (χ1) is 9.82. The molecule has 0 saturated carbocycles. The summed E-state index contributed by atoms with van der Waals surface area (Å²) in [6.45, 7) is 1.58. The number of halogens is 2. The summed E-state index contributed by atoms with van der Waals surface area (Å²) in [5.41, 5.74) is -1.15. The minimum atomic E-state index is -1.43. The number of aromatic nitrogens is 1. The fraction of sp³-hybridized carbons (Fsp3) is 0.0769. The topological polar surface area (TPSA) is 79.0 Å². The number of benzene rings is 1. The largest absolute Gasteiger partial charge is 0.493 e. The zero-order chi connectivity index (χ0) is 15.5. The molecule has 0 unspecified atom stereocenters. The van der Waals surface area contributed by atoms with Gasteiger partial charge < -0.3 is 10.2 Å². The molecular formula is C13H7ClFNO4S. The Balaban J connectivity index is 2.74. The minimum Gasteiger partial charge on any atom is -0.493 e. The molecule has 5 nitrogen and oxygen atoms in total. The fourth-order valence-electron chi connectivity index (χ4n) is 2.20. The van der Waals surface area contributed by atoms with Crippen LogP contribution in [-0.4, -0.2) is 20.6 Å². The Kier molecular flexibility index (Phi) is 2.93. The molecule has 21 heavy (non-hydrogen) atoms. The highest BCUT2D eigenvalue weighted by atomic mass is 35.5. The molecule has 0 aliphatic rings. The van der Waals surface area contributed by atoms with Crippen molar-refractivity contribution < 1.29 is 19.4 Å². The summed E-state index contributed by atoms with van der Waals surface area (Å²) in [6.07, 6.45) is 0. The van der Waals surface area contributed by atoms with Gasteiger partial charge in [0.15, 0.2) is 0 Å². The maximum absolute atomic E-state index is 13.6. The smallest absolute Gasteiger partial charge is 0.342 e. The third-order valence-electron chi connectivity index (χ3n) is 3.16. The van der Waals surface area contributed by atoms with E-state index >= 15 is 0 Å². The number of hydrogen-bond donors (Lipinski definition) is 2. The van der Waals surface area contributed by atoms with Crippen LogP contribution >= 0.6 is 22.9 Å². The van der Waals surface area contributed by atoms with Crippen LogP contribution in [0.2, 0.25) is 5.02 Å². The molecule has 0 saturated heterocycles. The van der Waals surface area contributed by atoms with E-state index in [1.54, 1.807) is 6.92 Å². The van der Waals surface area contributed by atoms with Gasteiger partial charge in [0.2, 0.25) is 11.3 Å². The monoisotopic (exact) mass is 327 g/mol. The Hall–Kier alpha value is -2.12. The second kappa shape index (κ2) is 4.44. The van der Waals surface area contributed by atoms with E-state index in [1.165, 1.54) is 10.5 Å². The quantitative estimate of drug-likeness (QED) is 0.720. The summed E-state index contributed by atoms with van der Waals surface area (Å²) in [5.74, 6) is -2.47. The number of rotatable bonds is 1. The average molecular weight is 328 g/mol. The highest BCUT2D eigenvalue weighted by Gasteiger charge is 2.23. The Morgan fingerprint density at radius 1 is 1.43 bits per heavy atom. The third kappa shape index (κ3) is 1.81. The lowest BCUT2D eigenvalue weighted by molar-refractivity contribution is 0.0697. The van der Waals surface area contributed by atoms with Crippen LogP contribution < -0.4 is 5.43 Å². The first kappa shape index (κ1) is 13.8. The highest BCUT2D eigenvalue weighted by molar-refractivity contribution is 7.18. The van der Waals surface area contributed by atoms with Gasteiger partial charge in [-0.2, -0.15) is 0 Å².